The summed E-state index contributed by atoms with van der Waals surface area (Å²) in [5.74, 6) is 3.56. The second-order valence-corrected chi connectivity index (χ2v) is 8.44. The summed E-state index contributed by atoms with van der Waals surface area (Å²) in [4.78, 5) is 20.6. The highest BCUT2D eigenvalue weighted by molar-refractivity contribution is 14.1. The van der Waals surface area contributed by atoms with E-state index in [-0.39, 0.29) is 11.9 Å². The summed E-state index contributed by atoms with van der Waals surface area (Å²) in [5.41, 5.74) is 6.79. The Morgan fingerprint density at radius 2 is 2.23 bits per heavy atom. The van der Waals surface area contributed by atoms with Crippen LogP contribution in [0.4, 0.5) is 0 Å². The van der Waals surface area contributed by atoms with E-state index in [0.29, 0.717) is 12.3 Å². The molecule has 0 aliphatic carbocycles. The zero-order valence-corrected chi connectivity index (χ0v) is 20.5. The van der Waals surface area contributed by atoms with E-state index in [2.05, 4.69) is 19.9 Å². The normalized spacial score (nSPS) is 13.5. The third-order valence-electron chi connectivity index (χ3n) is 4.45. The Bertz CT molecular complexity index is 932. The number of benzene rings is 1. The lowest BCUT2D eigenvalue weighted by atomic mass is 10.1. The van der Waals surface area contributed by atoms with Crippen LogP contribution < -0.4 is 10.5 Å². The highest BCUT2D eigenvalue weighted by Crippen LogP contribution is 2.23. The number of amides is 1. The van der Waals surface area contributed by atoms with Gasteiger partial charge in [0, 0.05) is 54.1 Å². The Morgan fingerprint density at radius 1 is 1.42 bits per heavy atom. The smallest absolute Gasteiger partial charge is 0.224 e. The minimum atomic E-state index is 0.0445. The third kappa shape index (κ3) is 8.88. The summed E-state index contributed by atoms with van der Waals surface area (Å²) in [6, 6.07) is 13.6. The average molecular weight is 553 g/mol. The Morgan fingerprint density at radius 3 is 2.87 bits per heavy atom. The second-order valence-electron chi connectivity index (χ2n) is 6.68. The number of nitrogens with one attached hydrogen (secondary N) is 1. The number of pyridine rings is 1. The van der Waals surface area contributed by atoms with Crippen molar-refractivity contribution in [3.05, 3.63) is 54.9 Å². The zero-order valence-electron chi connectivity index (χ0n) is 17.5. The SMILES string of the molecule is C=NI.CC[C@H](N)CC(=O)N1CCSC1.c1ccc(Oc2ccc3[nH]ccc3c2)nc1. The summed E-state index contributed by atoms with van der Waals surface area (Å²) in [5, 5.41) is 1.13. The van der Waals surface area contributed by atoms with Gasteiger partial charge in [0.15, 0.2) is 0 Å². The van der Waals surface area contributed by atoms with Gasteiger partial charge in [0.1, 0.15) is 5.75 Å². The minimum absolute atomic E-state index is 0.0445. The van der Waals surface area contributed by atoms with Crippen LogP contribution in [-0.4, -0.2) is 51.7 Å². The number of rotatable bonds is 5. The van der Waals surface area contributed by atoms with Crippen LogP contribution in [0.15, 0.2) is 58.1 Å². The van der Waals surface area contributed by atoms with E-state index in [9.17, 15) is 4.79 Å². The van der Waals surface area contributed by atoms with Gasteiger partial charge in [0.05, 0.1) is 28.7 Å². The van der Waals surface area contributed by atoms with Crippen LogP contribution >= 0.6 is 34.6 Å². The number of H-pyrrole nitrogens is 1. The molecule has 7 nitrogen and oxygen atoms in total. The lowest BCUT2D eigenvalue weighted by Gasteiger charge is -2.16. The molecule has 1 aliphatic rings. The van der Waals surface area contributed by atoms with E-state index in [1.807, 2.05) is 72.2 Å². The Hall–Kier alpha value is -2.11. The predicted octanol–water partition coefficient (Wildman–Crippen LogP) is 5.04. The van der Waals surface area contributed by atoms with Crippen molar-refractivity contribution in [3.8, 4) is 11.6 Å². The summed E-state index contributed by atoms with van der Waals surface area (Å²) in [7, 11) is 0. The molecular weight excluding hydrogens is 525 g/mol. The quantitative estimate of drug-likeness (QED) is 0.341. The minimum Gasteiger partial charge on any atom is -0.439 e. The fourth-order valence-electron chi connectivity index (χ4n) is 2.73. The molecule has 1 aromatic carbocycles. The molecule has 0 bridgehead atoms. The molecule has 1 aliphatic heterocycles. The van der Waals surface area contributed by atoms with Gasteiger partial charge in [-0.3, -0.25) is 4.79 Å². The molecule has 9 heteroatoms. The third-order valence-corrected chi connectivity index (χ3v) is 5.42. The summed E-state index contributed by atoms with van der Waals surface area (Å²) in [6.45, 7) is 6.01. The van der Waals surface area contributed by atoms with Crippen molar-refractivity contribution in [1.82, 2.24) is 14.9 Å². The fourth-order valence-corrected chi connectivity index (χ4v) is 3.70. The van der Waals surface area contributed by atoms with Crippen molar-refractivity contribution in [2.24, 2.45) is 8.94 Å². The highest BCUT2D eigenvalue weighted by Gasteiger charge is 2.19. The number of hydrogen-bond donors (Lipinski definition) is 2. The number of aromatic amines is 1. The number of nitrogens with zero attached hydrogens (tertiary/aromatic N) is 3. The van der Waals surface area contributed by atoms with Crippen LogP contribution in [0.5, 0.6) is 11.6 Å². The molecule has 3 heterocycles. The maximum absolute atomic E-state index is 11.4. The van der Waals surface area contributed by atoms with Gasteiger partial charge >= 0.3 is 0 Å². The lowest BCUT2D eigenvalue weighted by Crippen LogP contribution is -2.33. The van der Waals surface area contributed by atoms with E-state index in [1.165, 1.54) is 0 Å². The van der Waals surface area contributed by atoms with Gasteiger partial charge in [0.2, 0.25) is 11.8 Å². The molecule has 1 fully saturated rings. The Balaban J connectivity index is 0.000000203. The predicted molar refractivity (Wildman–Crippen MR) is 138 cm³/mol. The first-order valence-corrected chi connectivity index (χ1v) is 12.0. The van der Waals surface area contributed by atoms with Gasteiger partial charge in [-0.25, -0.2) is 8.19 Å². The topological polar surface area (TPSA) is 96.6 Å². The van der Waals surface area contributed by atoms with Crippen LogP contribution in [0.2, 0.25) is 0 Å². The average Bonchev–Trinajstić information content (AvgIpc) is 3.47. The van der Waals surface area contributed by atoms with Gasteiger partial charge in [-0.15, -0.1) is 11.8 Å². The monoisotopic (exact) mass is 553 g/mol. The molecule has 1 saturated heterocycles. The summed E-state index contributed by atoms with van der Waals surface area (Å²) < 4.78 is 8.85. The molecule has 0 spiro atoms. The number of halogens is 1. The number of carbonyl (C=O) groups excluding carboxylic acids is 1. The van der Waals surface area contributed by atoms with Crippen molar-refractivity contribution in [2.45, 2.75) is 25.8 Å². The van der Waals surface area contributed by atoms with Crippen molar-refractivity contribution in [2.75, 3.05) is 18.2 Å². The van der Waals surface area contributed by atoms with E-state index in [1.54, 1.807) is 29.1 Å². The molecule has 166 valence electrons. The first kappa shape index (κ1) is 25.2. The van der Waals surface area contributed by atoms with E-state index in [4.69, 9.17) is 10.5 Å². The number of nitrogens with two attached hydrogens (primary N) is 1. The van der Waals surface area contributed by atoms with Gasteiger partial charge in [0.25, 0.3) is 0 Å². The van der Waals surface area contributed by atoms with Crippen LogP contribution in [0.25, 0.3) is 10.9 Å². The number of thioether (sulfide) groups is 1. The largest absolute Gasteiger partial charge is 0.439 e. The van der Waals surface area contributed by atoms with Crippen molar-refractivity contribution < 1.29 is 9.53 Å². The lowest BCUT2D eigenvalue weighted by molar-refractivity contribution is -0.130. The Kier molecular flexibility index (Phi) is 11.4. The molecule has 2 aromatic heterocycles. The van der Waals surface area contributed by atoms with Crippen LogP contribution in [0, 0.1) is 0 Å². The van der Waals surface area contributed by atoms with Gasteiger partial charge in [-0.2, -0.15) is 0 Å². The second kappa shape index (κ2) is 14.0. The van der Waals surface area contributed by atoms with Gasteiger partial charge in [-0.05, 0) is 43.5 Å². The zero-order chi connectivity index (χ0) is 22.5. The van der Waals surface area contributed by atoms with E-state index >= 15 is 0 Å². The van der Waals surface area contributed by atoms with Crippen molar-refractivity contribution in [1.29, 1.82) is 0 Å². The maximum atomic E-state index is 11.4. The van der Waals surface area contributed by atoms with Crippen molar-refractivity contribution in [3.63, 3.8) is 0 Å². The molecule has 1 atom stereocenters. The number of carbonyl (C=O) groups is 1. The molecule has 3 aromatic rings. The first-order chi connectivity index (χ1) is 15.1. The first-order valence-electron chi connectivity index (χ1n) is 9.91. The molecule has 0 radical (unpaired) electrons. The van der Waals surface area contributed by atoms with Crippen LogP contribution in [0.3, 0.4) is 0 Å². The van der Waals surface area contributed by atoms with Gasteiger partial charge < -0.3 is 20.4 Å². The highest BCUT2D eigenvalue weighted by atomic mass is 127. The van der Waals surface area contributed by atoms with Crippen molar-refractivity contribution >= 4 is 58.2 Å². The van der Waals surface area contributed by atoms with Crippen LogP contribution in [-0.2, 0) is 4.79 Å². The molecular formula is C22H28IN5O2S. The molecule has 0 unspecified atom stereocenters. The summed E-state index contributed by atoms with van der Waals surface area (Å²) >= 11 is 3.61. The molecule has 4 rings (SSSR count). The molecule has 0 saturated carbocycles. The summed E-state index contributed by atoms with van der Waals surface area (Å²) in [6.07, 6.45) is 5.02. The fraction of sp³-hybridized carbons (Fsp3) is 0.318. The molecule has 3 N–H and O–H groups in total. The molecule has 1 amide bonds. The Labute approximate surface area is 201 Å². The number of hydrogen-bond acceptors (Lipinski definition) is 6. The van der Waals surface area contributed by atoms with Gasteiger partial charge in [-0.1, -0.05) is 13.0 Å². The van der Waals surface area contributed by atoms with E-state index < -0.39 is 0 Å². The number of fused-ring (bicyclic) bond motifs is 1. The molecule has 31 heavy (non-hydrogen) atoms. The number of ether oxygens (including phenoxy) is 1. The van der Waals surface area contributed by atoms with E-state index in [0.717, 1.165) is 41.2 Å². The number of aromatic nitrogens is 2. The maximum Gasteiger partial charge on any atom is 0.224 e. The van der Waals surface area contributed by atoms with Crippen LogP contribution in [0.1, 0.15) is 19.8 Å². The standard InChI is InChI=1S/C13H10N2O.C8H16N2OS.CH2IN/c1-2-7-15-13(3-1)16-11-4-5-12-10(9-11)6-8-14-12;1-2-7(9)5-8(11)10-3-4-12-6-10;1-3-2/h1-9,14H;7H,2-6,9H2,1H3;1H2/t;7-;/m.0./s1.